The molecule has 1 N–H and O–H groups in total. The SMILES string of the molecule is CNCC1CCN(CC(=O)N(C(C)C)C(C)C)C1. The van der Waals surface area contributed by atoms with E-state index in [-0.39, 0.29) is 18.0 Å². The molecule has 0 spiro atoms. The summed E-state index contributed by atoms with van der Waals surface area (Å²) in [5.74, 6) is 0.972. The lowest BCUT2D eigenvalue weighted by Crippen LogP contribution is -2.46. The van der Waals surface area contributed by atoms with E-state index in [0.29, 0.717) is 12.5 Å². The van der Waals surface area contributed by atoms with Gasteiger partial charge in [0.05, 0.1) is 6.54 Å². The van der Waals surface area contributed by atoms with Crippen molar-refractivity contribution < 1.29 is 4.79 Å². The van der Waals surface area contributed by atoms with Crippen LogP contribution in [0.1, 0.15) is 34.1 Å². The third-order valence-electron chi connectivity index (χ3n) is 3.62. The van der Waals surface area contributed by atoms with Gasteiger partial charge in [-0.15, -0.1) is 0 Å². The number of nitrogens with one attached hydrogen (secondary N) is 1. The molecule has 1 saturated heterocycles. The van der Waals surface area contributed by atoms with Gasteiger partial charge in [0.2, 0.25) is 5.91 Å². The minimum Gasteiger partial charge on any atom is -0.337 e. The Morgan fingerprint density at radius 1 is 1.33 bits per heavy atom. The Balaban J connectivity index is 2.45. The lowest BCUT2D eigenvalue weighted by Gasteiger charge is -2.32. The molecule has 18 heavy (non-hydrogen) atoms. The number of hydrogen-bond acceptors (Lipinski definition) is 3. The highest BCUT2D eigenvalue weighted by molar-refractivity contribution is 5.78. The average molecular weight is 255 g/mol. The van der Waals surface area contributed by atoms with Crippen LogP contribution in [0.4, 0.5) is 0 Å². The molecule has 1 fully saturated rings. The minimum atomic E-state index is 0.269. The van der Waals surface area contributed by atoms with E-state index in [2.05, 4.69) is 37.9 Å². The van der Waals surface area contributed by atoms with Crippen LogP contribution in [-0.4, -0.2) is 61.0 Å². The molecular weight excluding hydrogens is 226 g/mol. The molecule has 0 saturated carbocycles. The summed E-state index contributed by atoms with van der Waals surface area (Å²) in [7, 11) is 1.99. The molecule has 0 aromatic heterocycles. The Morgan fingerprint density at radius 2 is 1.94 bits per heavy atom. The normalized spacial score (nSPS) is 20.9. The average Bonchev–Trinajstić information content (AvgIpc) is 2.64. The van der Waals surface area contributed by atoms with Gasteiger partial charge in [0.1, 0.15) is 0 Å². The summed E-state index contributed by atoms with van der Waals surface area (Å²) in [4.78, 5) is 16.6. The van der Waals surface area contributed by atoms with E-state index in [9.17, 15) is 4.79 Å². The predicted molar refractivity (Wildman–Crippen MR) is 75.6 cm³/mol. The molecule has 1 atom stereocenters. The second-order valence-corrected chi connectivity index (χ2v) is 5.94. The molecule has 1 unspecified atom stereocenters. The summed E-state index contributed by atoms with van der Waals surface area (Å²) in [5, 5.41) is 3.22. The summed E-state index contributed by atoms with van der Waals surface area (Å²) in [5.41, 5.74) is 0. The molecule has 1 aliphatic heterocycles. The highest BCUT2D eigenvalue weighted by atomic mass is 16.2. The van der Waals surface area contributed by atoms with Crippen molar-refractivity contribution >= 4 is 5.91 Å². The number of carbonyl (C=O) groups excluding carboxylic acids is 1. The molecule has 1 heterocycles. The maximum atomic E-state index is 12.3. The predicted octanol–water partition coefficient (Wildman–Crippen LogP) is 1.17. The van der Waals surface area contributed by atoms with E-state index in [1.165, 1.54) is 6.42 Å². The second kappa shape index (κ2) is 7.10. The molecule has 1 aliphatic rings. The van der Waals surface area contributed by atoms with E-state index in [4.69, 9.17) is 0 Å². The lowest BCUT2D eigenvalue weighted by molar-refractivity contribution is -0.135. The standard InChI is InChI=1S/C14H29N3O/c1-11(2)17(12(3)4)14(18)10-16-7-6-13(9-16)8-15-5/h11-13,15H,6-10H2,1-5H3. The molecule has 4 nitrogen and oxygen atoms in total. The molecule has 0 bridgehead atoms. The van der Waals surface area contributed by atoms with Crippen LogP contribution in [0, 0.1) is 5.92 Å². The fourth-order valence-electron chi connectivity index (χ4n) is 2.96. The van der Waals surface area contributed by atoms with E-state index in [0.717, 1.165) is 19.6 Å². The summed E-state index contributed by atoms with van der Waals surface area (Å²) < 4.78 is 0. The van der Waals surface area contributed by atoms with Gasteiger partial charge < -0.3 is 10.2 Å². The van der Waals surface area contributed by atoms with Crippen molar-refractivity contribution in [1.82, 2.24) is 15.1 Å². The largest absolute Gasteiger partial charge is 0.337 e. The van der Waals surface area contributed by atoms with Crippen LogP contribution in [0.2, 0.25) is 0 Å². The summed E-state index contributed by atoms with van der Waals surface area (Å²) >= 11 is 0. The van der Waals surface area contributed by atoms with Gasteiger partial charge in [0.15, 0.2) is 0 Å². The maximum absolute atomic E-state index is 12.3. The quantitative estimate of drug-likeness (QED) is 0.774. The zero-order valence-corrected chi connectivity index (χ0v) is 12.6. The molecule has 106 valence electrons. The van der Waals surface area contributed by atoms with Crippen molar-refractivity contribution in [3.63, 3.8) is 0 Å². The Hall–Kier alpha value is -0.610. The van der Waals surface area contributed by atoms with Gasteiger partial charge in [0.25, 0.3) is 0 Å². The van der Waals surface area contributed by atoms with Crippen LogP contribution < -0.4 is 5.32 Å². The Kier molecular flexibility index (Phi) is 6.09. The Labute approximate surface area is 112 Å². The van der Waals surface area contributed by atoms with Crippen LogP contribution in [0.3, 0.4) is 0 Å². The molecule has 0 aromatic carbocycles. The fourth-order valence-corrected chi connectivity index (χ4v) is 2.96. The number of hydrogen-bond donors (Lipinski definition) is 1. The number of carbonyl (C=O) groups is 1. The second-order valence-electron chi connectivity index (χ2n) is 5.94. The molecular formula is C14H29N3O. The lowest BCUT2D eigenvalue weighted by atomic mass is 10.1. The van der Waals surface area contributed by atoms with Crippen molar-refractivity contribution in [3.8, 4) is 0 Å². The van der Waals surface area contributed by atoms with Crippen molar-refractivity contribution in [1.29, 1.82) is 0 Å². The van der Waals surface area contributed by atoms with E-state index >= 15 is 0 Å². The summed E-state index contributed by atoms with van der Waals surface area (Å²) in [6.07, 6.45) is 1.21. The van der Waals surface area contributed by atoms with Gasteiger partial charge in [-0.25, -0.2) is 0 Å². The number of likely N-dealkylation sites (tertiary alicyclic amines) is 1. The first-order valence-electron chi connectivity index (χ1n) is 7.13. The highest BCUT2D eigenvalue weighted by Crippen LogP contribution is 2.16. The zero-order chi connectivity index (χ0) is 13.7. The van der Waals surface area contributed by atoms with E-state index in [1.54, 1.807) is 0 Å². The smallest absolute Gasteiger partial charge is 0.237 e. The molecule has 0 aliphatic carbocycles. The Bertz CT molecular complexity index is 258. The molecule has 0 radical (unpaired) electrons. The van der Waals surface area contributed by atoms with Crippen molar-refractivity contribution in [2.75, 3.05) is 33.2 Å². The first-order chi connectivity index (χ1) is 8.45. The molecule has 1 rings (SSSR count). The Morgan fingerprint density at radius 3 is 2.44 bits per heavy atom. The van der Waals surface area contributed by atoms with Crippen molar-refractivity contribution in [2.24, 2.45) is 5.92 Å². The topological polar surface area (TPSA) is 35.6 Å². The van der Waals surface area contributed by atoms with Crippen LogP contribution in [0.5, 0.6) is 0 Å². The number of rotatable bonds is 6. The number of nitrogens with zero attached hydrogens (tertiary/aromatic N) is 2. The van der Waals surface area contributed by atoms with Gasteiger partial charge in [-0.2, -0.15) is 0 Å². The van der Waals surface area contributed by atoms with Crippen LogP contribution in [-0.2, 0) is 4.79 Å². The van der Waals surface area contributed by atoms with E-state index in [1.807, 2.05) is 11.9 Å². The van der Waals surface area contributed by atoms with Crippen LogP contribution >= 0.6 is 0 Å². The van der Waals surface area contributed by atoms with Crippen LogP contribution in [0.15, 0.2) is 0 Å². The fraction of sp³-hybridized carbons (Fsp3) is 0.929. The van der Waals surface area contributed by atoms with Gasteiger partial charge >= 0.3 is 0 Å². The van der Waals surface area contributed by atoms with Crippen LogP contribution in [0.25, 0.3) is 0 Å². The molecule has 0 aromatic rings. The molecule has 1 amide bonds. The maximum Gasteiger partial charge on any atom is 0.237 e. The first kappa shape index (κ1) is 15.4. The highest BCUT2D eigenvalue weighted by Gasteiger charge is 2.27. The van der Waals surface area contributed by atoms with Gasteiger partial charge in [-0.05, 0) is 60.2 Å². The van der Waals surface area contributed by atoms with E-state index < -0.39 is 0 Å². The van der Waals surface area contributed by atoms with Crippen molar-refractivity contribution in [2.45, 2.75) is 46.2 Å². The van der Waals surface area contributed by atoms with Crippen molar-refractivity contribution in [3.05, 3.63) is 0 Å². The summed E-state index contributed by atoms with van der Waals surface area (Å²) in [6, 6.07) is 0.571. The van der Waals surface area contributed by atoms with Gasteiger partial charge in [-0.1, -0.05) is 0 Å². The first-order valence-corrected chi connectivity index (χ1v) is 7.13. The zero-order valence-electron chi connectivity index (χ0n) is 12.6. The third-order valence-corrected chi connectivity index (χ3v) is 3.62. The summed E-state index contributed by atoms with van der Waals surface area (Å²) in [6.45, 7) is 12.1. The monoisotopic (exact) mass is 255 g/mol. The number of amides is 1. The van der Waals surface area contributed by atoms with Gasteiger partial charge in [0, 0.05) is 18.6 Å². The molecule has 4 heteroatoms. The minimum absolute atomic E-state index is 0.269. The van der Waals surface area contributed by atoms with Gasteiger partial charge in [-0.3, -0.25) is 9.69 Å². The third kappa shape index (κ3) is 4.25.